The summed E-state index contributed by atoms with van der Waals surface area (Å²) in [7, 11) is 0. The molecule has 4 rings (SSSR count). The van der Waals surface area contributed by atoms with Crippen molar-refractivity contribution >= 4 is 5.97 Å². The molecule has 0 aliphatic carbocycles. The lowest BCUT2D eigenvalue weighted by Gasteiger charge is -2.34. The molecule has 0 radical (unpaired) electrons. The summed E-state index contributed by atoms with van der Waals surface area (Å²) in [5, 5.41) is 19.3. The standard InChI is InChI=1S/C22H25NO6/c1-12(2)18-6-13-7-21(29-15-3-4-28-11-15)14(10-24)5-16(13)19-8-20(25)17(22(26)27)9-23(18)19/h5,7-9,12,15,18,24H,3-4,6,10-11H2,1-2H3,(H,26,27)/t15-,18?/m1/s1. The summed E-state index contributed by atoms with van der Waals surface area (Å²) < 4.78 is 13.4. The Kier molecular flexibility index (Phi) is 5.19. The largest absolute Gasteiger partial charge is 0.488 e. The van der Waals surface area contributed by atoms with E-state index in [9.17, 15) is 19.8 Å². The number of hydrogen-bond acceptors (Lipinski definition) is 5. The highest BCUT2D eigenvalue weighted by Gasteiger charge is 2.29. The zero-order valence-corrected chi connectivity index (χ0v) is 16.6. The third-order valence-corrected chi connectivity index (χ3v) is 5.78. The van der Waals surface area contributed by atoms with Crippen molar-refractivity contribution in [3.8, 4) is 17.0 Å². The second kappa shape index (κ2) is 7.65. The zero-order chi connectivity index (χ0) is 20.7. The summed E-state index contributed by atoms with van der Waals surface area (Å²) in [6.45, 7) is 5.16. The molecule has 2 aromatic rings. The number of aromatic carboxylic acids is 1. The summed E-state index contributed by atoms with van der Waals surface area (Å²) in [5.74, 6) is -0.351. The van der Waals surface area contributed by atoms with Crippen LogP contribution in [0.2, 0.25) is 0 Å². The number of carboxylic acids is 1. The highest BCUT2D eigenvalue weighted by atomic mass is 16.5. The molecule has 0 bridgehead atoms. The fourth-order valence-electron chi connectivity index (χ4n) is 4.17. The van der Waals surface area contributed by atoms with Crippen LogP contribution in [0.3, 0.4) is 0 Å². The van der Waals surface area contributed by atoms with E-state index in [-0.39, 0.29) is 30.2 Å². The maximum Gasteiger partial charge on any atom is 0.341 e. The molecule has 2 atom stereocenters. The molecule has 7 nitrogen and oxygen atoms in total. The fourth-order valence-corrected chi connectivity index (χ4v) is 4.17. The van der Waals surface area contributed by atoms with Gasteiger partial charge in [0.15, 0.2) is 5.43 Å². The number of aliphatic hydroxyl groups is 1. The summed E-state index contributed by atoms with van der Waals surface area (Å²) in [4.78, 5) is 23.9. The van der Waals surface area contributed by atoms with Crippen LogP contribution >= 0.6 is 0 Å². The van der Waals surface area contributed by atoms with Gasteiger partial charge in [-0.15, -0.1) is 0 Å². The van der Waals surface area contributed by atoms with Crippen molar-refractivity contribution in [1.29, 1.82) is 0 Å². The molecule has 7 heteroatoms. The number of aliphatic hydroxyl groups excluding tert-OH is 1. The van der Waals surface area contributed by atoms with Crippen LogP contribution in [0.15, 0.2) is 29.2 Å². The number of nitrogens with zero attached hydrogens (tertiary/aromatic N) is 1. The molecule has 1 unspecified atom stereocenters. The first kappa shape index (κ1) is 19.7. The van der Waals surface area contributed by atoms with Gasteiger partial charge in [0, 0.05) is 35.9 Å². The van der Waals surface area contributed by atoms with Crippen LogP contribution in [0.5, 0.6) is 5.75 Å². The summed E-state index contributed by atoms with van der Waals surface area (Å²) in [6.07, 6.45) is 2.92. The molecule has 2 aliphatic heterocycles. The summed E-state index contributed by atoms with van der Waals surface area (Å²) in [6, 6.07) is 5.21. The van der Waals surface area contributed by atoms with Crippen molar-refractivity contribution in [3.05, 3.63) is 51.3 Å². The number of carbonyl (C=O) groups is 1. The van der Waals surface area contributed by atoms with Gasteiger partial charge in [0.25, 0.3) is 0 Å². The first-order chi connectivity index (χ1) is 13.9. The Balaban J connectivity index is 1.86. The molecule has 0 amide bonds. The molecule has 0 spiro atoms. The highest BCUT2D eigenvalue weighted by molar-refractivity contribution is 5.87. The van der Waals surface area contributed by atoms with Crippen molar-refractivity contribution in [3.63, 3.8) is 0 Å². The lowest BCUT2D eigenvalue weighted by molar-refractivity contribution is 0.0694. The minimum Gasteiger partial charge on any atom is -0.488 e. The number of ether oxygens (including phenoxy) is 2. The Morgan fingerprint density at radius 3 is 2.76 bits per heavy atom. The quantitative estimate of drug-likeness (QED) is 0.802. The van der Waals surface area contributed by atoms with Gasteiger partial charge in [-0.1, -0.05) is 13.8 Å². The molecular weight excluding hydrogens is 374 g/mol. The van der Waals surface area contributed by atoms with E-state index in [1.807, 2.05) is 16.7 Å². The lowest BCUT2D eigenvalue weighted by atomic mass is 9.86. The second-order valence-electron chi connectivity index (χ2n) is 8.04. The molecule has 1 aromatic carbocycles. The molecule has 29 heavy (non-hydrogen) atoms. The van der Waals surface area contributed by atoms with E-state index >= 15 is 0 Å². The molecule has 1 fully saturated rings. The topological polar surface area (TPSA) is 98.0 Å². The zero-order valence-electron chi connectivity index (χ0n) is 16.6. The predicted octanol–water partition coefficient (Wildman–Crippen LogP) is 2.63. The highest BCUT2D eigenvalue weighted by Crippen LogP contribution is 2.40. The Hall–Kier alpha value is -2.64. The minimum absolute atomic E-state index is 0.0128. The van der Waals surface area contributed by atoms with E-state index in [1.165, 1.54) is 12.3 Å². The number of carboxylic acid groups (broad SMARTS) is 1. The molecule has 2 aliphatic rings. The van der Waals surface area contributed by atoms with E-state index < -0.39 is 11.4 Å². The van der Waals surface area contributed by atoms with Crippen LogP contribution in [0.1, 0.15) is 47.8 Å². The number of benzene rings is 1. The first-order valence-electron chi connectivity index (χ1n) is 9.90. The van der Waals surface area contributed by atoms with E-state index in [0.717, 1.165) is 17.5 Å². The van der Waals surface area contributed by atoms with Crippen LogP contribution in [-0.4, -0.2) is 40.1 Å². The number of pyridine rings is 1. The molecular formula is C22H25NO6. The first-order valence-corrected chi connectivity index (χ1v) is 9.90. The van der Waals surface area contributed by atoms with Gasteiger partial charge in [0.2, 0.25) is 0 Å². The monoisotopic (exact) mass is 399 g/mol. The summed E-state index contributed by atoms with van der Waals surface area (Å²) in [5.41, 5.74) is 2.41. The molecule has 1 saturated heterocycles. The molecule has 1 aromatic heterocycles. The van der Waals surface area contributed by atoms with Gasteiger partial charge in [-0.3, -0.25) is 4.79 Å². The Bertz CT molecular complexity index is 1000. The van der Waals surface area contributed by atoms with Gasteiger partial charge in [-0.05, 0) is 30.0 Å². The van der Waals surface area contributed by atoms with Crippen LogP contribution in [0.25, 0.3) is 11.3 Å². The van der Waals surface area contributed by atoms with Gasteiger partial charge in [0.1, 0.15) is 17.4 Å². The Morgan fingerprint density at radius 1 is 1.34 bits per heavy atom. The molecule has 2 N–H and O–H groups in total. The van der Waals surface area contributed by atoms with Gasteiger partial charge < -0.3 is 24.3 Å². The van der Waals surface area contributed by atoms with Crippen molar-refractivity contribution in [2.24, 2.45) is 5.92 Å². The fraction of sp³-hybridized carbons (Fsp3) is 0.455. The maximum atomic E-state index is 12.4. The van der Waals surface area contributed by atoms with E-state index in [4.69, 9.17) is 9.47 Å². The van der Waals surface area contributed by atoms with E-state index in [1.54, 1.807) is 0 Å². The van der Waals surface area contributed by atoms with Crippen molar-refractivity contribution in [1.82, 2.24) is 4.57 Å². The van der Waals surface area contributed by atoms with Gasteiger partial charge in [-0.2, -0.15) is 0 Å². The lowest BCUT2D eigenvalue weighted by Crippen LogP contribution is -2.28. The second-order valence-corrected chi connectivity index (χ2v) is 8.04. The van der Waals surface area contributed by atoms with Crippen LogP contribution in [0, 0.1) is 5.92 Å². The maximum absolute atomic E-state index is 12.4. The van der Waals surface area contributed by atoms with Gasteiger partial charge in [0.05, 0.1) is 25.5 Å². The Morgan fingerprint density at radius 2 is 2.14 bits per heavy atom. The number of aromatic nitrogens is 1. The van der Waals surface area contributed by atoms with Crippen molar-refractivity contribution < 1.29 is 24.5 Å². The Labute approximate surface area is 168 Å². The van der Waals surface area contributed by atoms with Crippen molar-refractivity contribution in [2.75, 3.05) is 13.2 Å². The van der Waals surface area contributed by atoms with Gasteiger partial charge >= 0.3 is 5.97 Å². The molecule has 154 valence electrons. The van der Waals surface area contributed by atoms with Crippen LogP contribution in [-0.2, 0) is 17.8 Å². The predicted molar refractivity (Wildman–Crippen MR) is 106 cm³/mol. The third kappa shape index (κ3) is 3.56. The minimum atomic E-state index is -1.22. The third-order valence-electron chi connectivity index (χ3n) is 5.78. The van der Waals surface area contributed by atoms with Crippen molar-refractivity contribution in [2.45, 2.75) is 45.4 Å². The smallest absolute Gasteiger partial charge is 0.341 e. The number of rotatable bonds is 5. The average molecular weight is 399 g/mol. The summed E-state index contributed by atoms with van der Waals surface area (Å²) >= 11 is 0. The number of fused-ring (bicyclic) bond motifs is 3. The number of hydrogen-bond donors (Lipinski definition) is 2. The average Bonchev–Trinajstić information content (AvgIpc) is 3.19. The van der Waals surface area contributed by atoms with E-state index in [0.29, 0.717) is 36.6 Å². The van der Waals surface area contributed by atoms with E-state index in [2.05, 4.69) is 13.8 Å². The normalized spacial score (nSPS) is 20.4. The van der Waals surface area contributed by atoms with Gasteiger partial charge in [-0.25, -0.2) is 4.79 Å². The van der Waals surface area contributed by atoms with Crippen LogP contribution in [0.4, 0.5) is 0 Å². The SMILES string of the molecule is CC(C)C1Cc2cc(O[C@@H]3CCOC3)c(CO)cc2-c2cc(=O)c(C(=O)O)cn21. The molecule has 3 heterocycles. The van der Waals surface area contributed by atoms with Crippen LogP contribution < -0.4 is 10.2 Å². The molecule has 0 saturated carbocycles.